The van der Waals surface area contributed by atoms with Crippen LogP contribution in [0.4, 0.5) is 10.1 Å². The molecule has 2 rings (SSSR count). The van der Waals surface area contributed by atoms with Crippen LogP contribution in [0.1, 0.15) is 17.0 Å². The molecule has 0 radical (unpaired) electrons. The van der Waals surface area contributed by atoms with E-state index < -0.39 is 0 Å². The van der Waals surface area contributed by atoms with E-state index in [1.807, 2.05) is 49.3 Å². The molecule has 0 saturated carbocycles. The van der Waals surface area contributed by atoms with Gasteiger partial charge in [-0.3, -0.25) is 0 Å². The first-order valence-electron chi connectivity index (χ1n) is 6.51. The zero-order valence-corrected chi connectivity index (χ0v) is 11.7. The van der Waals surface area contributed by atoms with Gasteiger partial charge in [-0.05, 0) is 41.8 Å². The quantitative estimate of drug-likeness (QED) is 0.844. The Morgan fingerprint density at radius 2 is 1.90 bits per heavy atom. The number of benzene rings is 2. The molecule has 0 bridgehead atoms. The third-order valence-corrected chi connectivity index (χ3v) is 3.27. The van der Waals surface area contributed by atoms with Gasteiger partial charge < -0.3 is 4.90 Å². The molecule has 0 fully saturated rings. The Morgan fingerprint density at radius 1 is 1.15 bits per heavy atom. The van der Waals surface area contributed by atoms with Crippen LogP contribution in [-0.4, -0.2) is 14.1 Å². The van der Waals surface area contributed by atoms with E-state index in [-0.39, 0.29) is 11.7 Å². The molecule has 0 aliphatic rings. The van der Waals surface area contributed by atoms with Crippen LogP contribution in [0.25, 0.3) is 0 Å². The van der Waals surface area contributed by atoms with Crippen molar-refractivity contribution in [3.8, 4) is 6.07 Å². The maximum absolute atomic E-state index is 13.2. The van der Waals surface area contributed by atoms with Gasteiger partial charge in [0.15, 0.2) is 0 Å². The van der Waals surface area contributed by atoms with Crippen LogP contribution in [0, 0.1) is 17.1 Å². The number of hydrogen-bond donors (Lipinski definition) is 0. The maximum Gasteiger partial charge on any atom is 0.123 e. The first-order valence-corrected chi connectivity index (χ1v) is 6.51. The summed E-state index contributed by atoms with van der Waals surface area (Å²) in [5, 5.41) is 9.38. The Labute approximate surface area is 119 Å². The zero-order chi connectivity index (χ0) is 14.5. The second-order valence-electron chi connectivity index (χ2n) is 5.01. The van der Waals surface area contributed by atoms with Gasteiger partial charge in [0.05, 0.1) is 12.0 Å². The molecule has 0 saturated heterocycles. The van der Waals surface area contributed by atoms with E-state index in [2.05, 4.69) is 6.07 Å². The monoisotopic (exact) mass is 268 g/mol. The lowest BCUT2D eigenvalue weighted by Crippen LogP contribution is -2.09. The second kappa shape index (κ2) is 6.21. The topological polar surface area (TPSA) is 27.0 Å². The molecule has 1 atom stereocenters. The maximum atomic E-state index is 13.2. The Bertz CT molecular complexity index is 629. The normalized spacial score (nSPS) is 11.7. The molecular formula is C17H17FN2. The molecule has 0 spiro atoms. The Hall–Kier alpha value is -2.34. The largest absolute Gasteiger partial charge is 0.378 e. The van der Waals surface area contributed by atoms with Crippen LogP contribution in [0.2, 0.25) is 0 Å². The summed E-state index contributed by atoms with van der Waals surface area (Å²) in [4.78, 5) is 2.00. The molecule has 2 nitrogen and oxygen atoms in total. The van der Waals surface area contributed by atoms with Gasteiger partial charge >= 0.3 is 0 Å². The number of rotatable bonds is 4. The zero-order valence-electron chi connectivity index (χ0n) is 11.7. The van der Waals surface area contributed by atoms with Crippen molar-refractivity contribution in [3.05, 3.63) is 65.5 Å². The van der Waals surface area contributed by atoms with Gasteiger partial charge in [-0.1, -0.05) is 24.3 Å². The number of halogens is 1. The van der Waals surface area contributed by atoms with E-state index in [4.69, 9.17) is 0 Å². The second-order valence-corrected chi connectivity index (χ2v) is 5.01. The average Bonchev–Trinajstić information content (AvgIpc) is 2.45. The molecule has 0 aromatic heterocycles. The lowest BCUT2D eigenvalue weighted by molar-refractivity contribution is 0.624. The SMILES string of the molecule is CN(C)c1cccc(C(C#N)Cc2cccc(F)c2)c1. The predicted molar refractivity (Wildman–Crippen MR) is 79.2 cm³/mol. The van der Waals surface area contributed by atoms with E-state index in [0.29, 0.717) is 6.42 Å². The van der Waals surface area contributed by atoms with Gasteiger partial charge in [0, 0.05) is 19.8 Å². The summed E-state index contributed by atoms with van der Waals surface area (Å²) >= 11 is 0. The molecular weight excluding hydrogens is 251 g/mol. The molecule has 0 N–H and O–H groups in total. The van der Waals surface area contributed by atoms with E-state index in [1.54, 1.807) is 6.07 Å². The van der Waals surface area contributed by atoms with Gasteiger partial charge in [-0.25, -0.2) is 4.39 Å². The van der Waals surface area contributed by atoms with Crippen molar-refractivity contribution < 1.29 is 4.39 Å². The van der Waals surface area contributed by atoms with E-state index in [9.17, 15) is 9.65 Å². The van der Waals surface area contributed by atoms with E-state index in [0.717, 1.165) is 16.8 Å². The van der Waals surface area contributed by atoms with Crippen LogP contribution in [-0.2, 0) is 6.42 Å². The summed E-state index contributed by atoms with van der Waals surface area (Å²) in [5.41, 5.74) is 2.86. The average molecular weight is 268 g/mol. The molecule has 0 aliphatic heterocycles. The summed E-state index contributed by atoms with van der Waals surface area (Å²) in [5.74, 6) is -0.530. The highest BCUT2D eigenvalue weighted by Gasteiger charge is 2.13. The van der Waals surface area contributed by atoms with Crippen molar-refractivity contribution >= 4 is 5.69 Å². The van der Waals surface area contributed by atoms with Crippen LogP contribution in [0.3, 0.4) is 0 Å². The molecule has 3 heteroatoms. The number of anilines is 1. The Kier molecular flexibility index (Phi) is 4.37. The lowest BCUT2D eigenvalue weighted by Gasteiger charge is -2.16. The number of nitriles is 1. The van der Waals surface area contributed by atoms with Gasteiger partial charge in [-0.15, -0.1) is 0 Å². The predicted octanol–water partition coefficient (Wildman–Crippen LogP) is 3.74. The fraction of sp³-hybridized carbons (Fsp3) is 0.235. The Balaban J connectivity index is 2.25. The molecule has 20 heavy (non-hydrogen) atoms. The minimum absolute atomic E-state index is 0.263. The van der Waals surface area contributed by atoms with Crippen molar-refractivity contribution in [3.63, 3.8) is 0 Å². The molecule has 1 unspecified atom stereocenters. The van der Waals surface area contributed by atoms with E-state index >= 15 is 0 Å². The molecule has 102 valence electrons. The van der Waals surface area contributed by atoms with Crippen molar-refractivity contribution in [2.75, 3.05) is 19.0 Å². The van der Waals surface area contributed by atoms with Crippen molar-refractivity contribution in [1.29, 1.82) is 5.26 Å². The molecule has 0 amide bonds. The molecule has 2 aromatic carbocycles. The summed E-state index contributed by atoms with van der Waals surface area (Å²) in [6.07, 6.45) is 0.519. The highest BCUT2D eigenvalue weighted by atomic mass is 19.1. The smallest absolute Gasteiger partial charge is 0.123 e. The summed E-state index contributed by atoms with van der Waals surface area (Å²) in [6.45, 7) is 0. The van der Waals surface area contributed by atoms with Gasteiger partial charge in [0.2, 0.25) is 0 Å². The van der Waals surface area contributed by atoms with Crippen LogP contribution in [0.15, 0.2) is 48.5 Å². The third-order valence-electron chi connectivity index (χ3n) is 3.27. The van der Waals surface area contributed by atoms with Gasteiger partial charge in [0.25, 0.3) is 0 Å². The molecule has 0 aliphatic carbocycles. The summed E-state index contributed by atoms with van der Waals surface area (Å²) in [6, 6.07) is 16.6. The minimum atomic E-state index is -0.267. The lowest BCUT2D eigenvalue weighted by atomic mass is 9.93. The third kappa shape index (κ3) is 3.36. The van der Waals surface area contributed by atoms with Crippen LogP contribution in [0.5, 0.6) is 0 Å². The highest BCUT2D eigenvalue weighted by Crippen LogP contribution is 2.24. The number of nitrogens with zero attached hydrogens (tertiary/aromatic N) is 2. The molecule has 2 aromatic rings. The van der Waals surface area contributed by atoms with Gasteiger partial charge in [-0.2, -0.15) is 5.26 Å². The van der Waals surface area contributed by atoms with Crippen molar-refractivity contribution in [1.82, 2.24) is 0 Å². The van der Waals surface area contributed by atoms with Crippen LogP contribution >= 0.6 is 0 Å². The minimum Gasteiger partial charge on any atom is -0.378 e. The van der Waals surface area contributed by atoms with Crippen molar-refractivity contribution in [2.24, 2.45) is 0 Å². The van der Waals surface area contributed by atoms with E-state index in [1.165, 1.54) is 12.1 Å². The fourth-order valence-electron chi connectivity index (χ4n) is 2.16. The first kappa shape index (κ1) is 14.1. The first-order chi connectivity index (χ1) is 9.60. The fourth-order valence-corrected chi connectivity index (χ4v) is 2.16. The Morgan fingerprint density at radius 3 is 2.55 bits per heavy atom. The molecule has 0 heterocycles. The standard InChI is InChI=1S/C17H17FN2/c1-20(2)17-8-4-6-14(11-17)15(12-19)9-13-5-3-7-16(18)10-13/h3-8,10-11,15H,9H2,1-2H3. The number of hydrogen-bond acceptors (Lipinski definition) is 2. The van der Waals surface area contributed by atoms with Crippen LogP contribution < -0.4 is 4.90 Å². The summed E-state index contributed by atoms with van der Waals surface area (Å²) < 4.78 is 13.2. The van der Waals surface area contributed by atoms with Crippen molar-refractivity contribution in [2.45, 2.75) is 12.3 Å². The van der Waals surface area contributed by atoms with Gasteiger partial charge in [0.1, 0.15) is 5.82 Å². The summed E-state index contributed by atoms with van der Waals surface area (Å²) in [7, 11) is 3.93. The highest BCUT2D eigenvalue weighted by molar-refractivity contribution is 5.49.